The Balaban J connectivity index is 1.28. The maximum absolute atomic E-state index is 12.4. The normalized spacial score (nSPS) is 14.2. The van der Waals surface area contributed by atoms with Gasteiger partial charge in [0.15, 0.2) is 12.4 Å². The zero-order valence-corrected chi connectivity index (χ0v) is 16.6. The third-order valence-corrected chi connectivity index (χ3v) is 5.62. The molecule has 2 aromatic heterocycles. The summed E-state index contributed by atoms with van der Waals surface area (Å²) in [5.41, 5.74) is 2.01. The smallest absolute Gasteiger partial charge is 0.260 e. The minimum Gasteiger partial charge on any atom is -0.484 e. The molecule has 0 aliphatic carbocycles. The van der Waals surface area contributed by atoms with Gasteiger partial charge in [0.1, 0.15) is 11.4 Å². The van der Waals surface area contributed by atoms with Gasteiger partial charge in [0, 0.05) is 26.2 Å². The number of rotatable bonds is 5. The molecule has 0 bridgehead atoms. The van der Waals surface area contributed by atoms with Gasteiger partial charge in [-0.15, -0.1) is 21.5 Å². The molecule has 1 aliphatic heterocycles. The summed E-state index contributed by atoms with van der Waals surface area (Å²) in [6.45, 7) is 4.86. The predicted molar refractivity (Wildman–Crippen MR) is 111 cm³/mol. The van der Waals surface area contributed by atoms with E-state index in [-0.39, 0.29) is 12.5 Å². The molecule has 0 atom stereocenters. The monoisotopic (exact) mass is 394 g/mol. The molecule has 1 aromatic carbocycles. The fourth-order valence-corrected chi connectivity index (χ4v) is 3.87. The summed E-state index contributed by atoms with van der Waals surface area (Å²) in [5, 5.41) is 10.7. The molecule has 1 saturated heterocycles. The minimum atomic E-state index is 0.0142. The van der Waals surface area contributed by atoms with Crippen molar-refractivity contribution in [2.75, 3.05) is 37.7 Å². The van der Waals surface area contributed by atoms with E-state index in [2.05, 4.69) is 15.1 Å². The number of hydrogen-bond donors (Lipinski definition) is 0. The first-order chi connectivity index (χ1) is 13.7. The fraction of sp³-hybridized carbons (Fsp3) is 0.286. The Morgan fingerprint density at radius 3 is 2.61 bits per heavy atom. The van der Waals surface area contributed by atoms with Gasteiger partial charge in [-0.05, 0) is 48.2 Å². The number of aromatic nitrogens is 2. The van der Waals surface area contributed by atoms with Crippen LogP contribution in [0.5, 0.6) is 5.75 Å². The second kappa shape index (κ2) is 8.39. The first-order valence-electron chi connectivity index (χ1n) is 9.29. The van der Waals surface area contributed by atoms with Crippen molar-refractivity contribution in [3.63, 3.8) is 0 Å². The number of ether oxygens (including phenoxy) is 1. The van der Waals surface area contributed by atoms with E-state index in [1.807, 2.05) is 65.7 Å². The number of anilines is 1. The molecule has 1 fully saturated rings. The number of carbonyl (C=O) groups is 1. The summed E-state index contributed by atoms with van der Waals surface area (Å²) in [6, 6.07) is 15.8. The molecular weight excluding hydrogens is 372 g/mol. The van der Waals surface area contributed by atoms with E-state index >= 15 is 0 Å². The summed E-state index contributed by atoms with van der Waals surface area (Å²) in [6.07, 6.45) is 0. The number of amides is 1. The van der Waals surface area contributed by atoms with Crippen molar-refractivity contribution in [1.29, 1.82) is 0 Å². The molecule has 0 spiro atoms. The molecule has 0 radical (unpaired) electrons. The average molecular weight is 395 g/mol. The highest BCUT2D eigenvalue weighted by Crippen LogP contribution is 2.23. The van der Waals surface area contributed by atoms with Gasteiger partial charge in [0.25, 0.3) is 5.91 Å². The van der Waals surface area contributed by atoms with Gasteiger partial charge in [0.05, 0.1) is 4.88 Å². The van der Waals surface area contributed by atoms with E-state index in [4.69, 9.17) is 4.74 Å². The minimum absolute atomic E-state index is 0.0142. The van der Waals surface area contributed by atoms with Gasteiger partial charge >= 0.3 is 0 Å². The van der Waals surface area contributed by atoms with Crippen molar-refractivity contribution >= 4 is 23.1 Å². The lowest BCUT2D eigenvalue weighted by Gasteiger charge is -2.35. The lowest BCUT2D eigenvalue weighted by Crippen LogP contribution is -2.50. The summed E-state index contributed by atoms with van der Waals surface area (Å²) in [7, 11) is 0. The van der Waals surface area contributed by atoms with Crippen molar-refractivity contribution in [2.24, 2.45) is 0 Å². The van der Waals surface area contributed by atoms with Gasteiger partial charge in [-0.3, -0.25) is 4.79 Å². The first-order valence-corrected chi connectivity index (χ1v) is 10.2. The molecule has 4 rings (SSSR count). The number of benzene rings is 1. The summed E-state index contributed by atoms with van der Waals surface area (Å²) >= 11 is 1.65. The molecule has 28 heavy (non-hydrogen) atoms. The number of thiophene rings is 1. The van der Waals surface area contributed by atoms with Crippen LogP contribution in [-0.4, -0.2) is 53.8 Å². The van der Waals surface area contributed by atoms with Crippen molar-refractivity contribution < 1.29 is 9.53 Å². The lowest BCUT2D eigenvalue weighted by molar-refractivity contribution is -0.133. The van der Waals surface area contributed by atoms with Crippen molar-refractivity contribution in [3.05, 3.63) is 59.5 Å². The van der Waals surface area contributed by atoms with Crippen LogP contribution in [0, 0.1) is 6.92 Å². The van der Waals surface area contributed by atoms with Crippen LogP contribution in [0.1, 0.15) is 5.56 Å². The molecule has 1 aliphatic rings. The first kappa shape index (κ1) is 18.4. The largest absolute Gasteiger partial charge is 0.484 e. The molecule has 6 nitrogen and oxygen atoms in total. The number of piperazine rings is 1. The molecule has 0 unspecified atom stereocenters. The van der Waals surface area contributed by atoms with Crippen LogP contribution in [0.25, 0.3) is 10.6 Å². The SMILES string of the molecule is Cc1cccc(OCC(=O)N2CCN(c3ccc(-c4cccs4)nn3)CC2)c1. The summed E-state index contributed by atoms with van der Waals surface area (Å²) in [4.78, 5) is 17.6. The Hall–Kier alpha value is -2.93. The molecule has 0 saturated carbocycles. The number of hydrogen-bond acceptors (Lipinski definition) is 6. The Morgan fingerprint density at radius 2 is 1.93 bits per heavy atom. The van der Waals surface area contributed by atoms with E-state index < -0.39 is 0 Å². The number of carbonyl (C=O) groups excluding carboxylic acids is 1. The lowest BCUT2D eigenvalue weighted by atomic mass is 10.2. The van der Waals surface area contributed by atoms with Crippen LogP contribution in [0.15, 0.2) is 53.9 Å². The van der Waals surface area contributed by atoms with Gasteiger partial charge in [-0.25, -0.2) is 0 Å². The standard InChI is InChI=1S/C21H22N4O2S/c1-16-4-2-5-17(14-16)27-15-21(26)25-11-9-24(10-12-25)20-8-7-18(22-23-20)19-6-3-13-28-19/h2-8,13-14H,9-12,15H2,1H3. The average Bonchev–Trinajstić information content (AvgIpc) is 3.27. The van der Waals surface area contributed by atoms with Crippen LogP contribution in [-0.2, 0) is 4.79 Å². The highest BCUT2D eigenvalue weighted by atomic mass is 32.1. The Bertz CT molecular complexity index is 920. The number of aryl methyl sites for hydroxylation is 1. The number of nitrogens with zero attached hydrogens (tertiary/aromatic N) is 4. The van der Waals surface area contributed by atoms with E-state index in [1.54, 1.807) is 11.3 Å². The highest BCUT2D eigenvalue weighted by Gasteiger charge is 2.22. The third kappa shape index (κ3) is 4.31. The molecule has 7 heteroatoms. The van der Waals surface area contributed by atoms with Gasteiger partial charge < -0.3 is 14.5 Å². The summed E-state index contributed by atoms with van der Waals surface area (Å²) in [5.74, 6) is 1.59. The molecule has 3 heterocycles. The van der Waals surface area contributed by atoms with Crippen LogP contribution in [0.4, 0.5) is 5.82 Å². The van der Waals surface area contributed by atoms with E-state index in [1.165, 1.54) is 0 Å². The fourth-order valence-electron chi connectivity index (χ4n) is 3.18. The van der Waals surface area contributed by atoms with Crippen LogP contribution in [0.3, 0.4) is 0 Å². The van der Waals surface area contributed by atoms with E-state index in [0.717, 1.165) is 40.8 Å². The van der Waals surface area contributed by atoms with Crippen LogP contribution >= 0.6 is 11.3 Å². The predicted octanol–water partition coefficient (Wildman–Crippen LogP) is 3.24. The van der Waals surface area contributed by atoms with Gasteiger partial charge in [-0.1, -0.05) is 18.2 Å². The molecule has 0 N–H and O–H groups in total. The molecule has 3 aromatic rings. The molecular formula is C21H22N4O2S. The summed E-state index contributed by atoms with van der Waals surface area (Å²) < 4.78 is 5.64. The van der Waals surface area contributed by atoms with Gasteiger partial charge in [0.2, 0.25) is 0 Å². The molecule has 1 amide bonds. The third-order valence-electron chi connectivity index (χ3n) is 4.73. The van der Waals surface area contributed by atoms with Crippen molar-refractivity contribution in [1.82, 2.24) is 15.1 Å². The van der Waals surface area contributed by atoms with Crippen LogP contribution in [0.2, 0.25) is 0 Å². The van der Waals surface area contributed by atoms with Crippen LogP contribution < -0.4 is 9.64 Å². The van der Waals surface area contributed by atoms with Crippen molar-refractivity contribution in [2.45, 2.75) is 6.92 Å². The Labute approximate surface area is 168 Å². The Morgan fingerprint density at radius 1 is 1.07 bits per heavy atom. The van der Waals surface area contributed by atoms with E-state index in [9.17, 15) is 4.79 Å². The quantitative estimate of drug-likeness (QED) is 0.665. The Kier molecular flexibility index (Phi) is 5.53. The maximum Gasteiger partial charge on any atom is 0.260 e. The zero-order chi connectivity index (χ0) is 19.3. The second-order valence-electron chi connectivity index (χ2n) is 6.73. The maximum atomic E-state index is 12.4. The highest BCUT2D eigenvalue weighted by molar-refractivity contribution is 7.13. The topological polar surface area (TPSA) is 58.6 Å². The molecule has 144 valence electrons. The van der Waals surface area contributed by atoms with E-state index in [0.29, 0.717) is 13.1 Å². The second-order valence-corrected chi connectivity index (χ2v) is 7.67. The van der Waals surface area contributed by atoms with Gasteiger partial charge in [-0.2, -0.15) is 0 Å². The van der Waals surface area contributed by atoms with Crippen molar-refractivity contribution in [3.8, 4) is 16.3 Å². The zero-order valence-electron chi connectivity index (χ0n) is 15.7.